The molecule has 0 saturated heterocycles. The standard InChI is InChI=1S/C10H13NO5/c1-6(12)8-4-3-7(10(13)16-2)5-9(8)11(14)15/h3-4,6,9,12H,5H2,1-2H3/t6?,9-/m0/s1. The quantitative estimate of drug-likeness (QED) is 0.429. The molecule has 2 atom stereocenters. The molecule has 1 rings (SSSR count). The molecule has 0 amide bonds. The average molecular weight is 227 g/mol. The van der Waals surface area contributed by atoms with Crippen molar-refractivity contribution in [3.05, 3.63) is 33.4 Å². The molecule has 1 N–H and O–H groups in total. The predicted octanol–water partition coefficient (Wildman–Crippen LogP) is 0.442. The lowest BCUT2D eigenvalue weighted by atomic mass is 9.91. The molecule has 0 radical (unpaired) electrons. The molecule has 0 aromatic carbocycles. The lowest BCUT2D eigenvalue weighted by Gasteiger charge is -2.19. The van der Waals surface area contributed by atoms with Crippen LogP contribution >= 0.6 is 0 Å². The Hall–Kier alpha value is -1.69. The number of ether oxygens (including phenoxy) is 1. The van der Waals surface area contributed by atoms with E-state index in [1.807, 2.05) is 0 Å². The summed E-state index contributed by atoms with van der Waals surface area (Å²) < 4.78 is 4.49. The Morgan fingerprint density at radius 3 is 2.75 bits per heavy atom. The summed E-state index contributed by atoms with van der Waals surface area (Å²) in [5, 5.41) is 20.2. The zero-order chi connectivity index (χ0) is 12.3. The van der Waals surface area contributed by atoms with Crippen molar-refractivity contribution in [1.29, 1.82) is 0 Å². The van der Waals surface area contributed by atoms with Crippen molar-refractivity contribution >= 4 is 5.97 Å². The van der Waals surface area contributed by atoms with Crippen LogP contribution in [0.25, 0.3) is 0 Å². The van der Waals surface area contributed by atoms with E-state index in [0.29, 0.717) is 5.57 Å². The molecule has 0 aromatic heterocycles. The van der Waals surface area contributed by atoms with E-state index in [-0.39, 0.29) is 12.0 Å². The van der Waals surface area contributed by atoms with Gasteiger partial charge in [0.05, 0.1) is 19.6 Å². The highest BCUT2D eigenvalue weighted by Gasteiger charge is 2.33. The Morgan fingerprint density at radius 2 is 2.31 bits per heavy atom. The van der Waals surface area contributed by atoms with Gasteiger partial charge in [0.1, 0.15) is 0 Å². The molecule has 0 heterocycles. The molecular weight excluding hydrogens is 214 g/mol. The Labute approximate surface area is 92.4 Å². The monoisotopic (exact) mass is 227 g/mol. The summed E-state index contributed by atoms with van der Waals surface area (Å²) in [6.07, 6.45) is 1.92. The Morgan fingerprint density at radius 1 is 1.69 bits per heavy atom. The normalized spacial score (nSPS) is 21.8. The van der Waals surface area contributed by atoms with E-state index < -0.39 is 23.0 Å². The molecule has 0 saturated carbocycles. The lowest BCUT2D eigenvalue weighted by Crippen LogP contribution is -2.31. The van der Waals surface area contributed by atoms with Gasteiger partial charge >= 0.3 is 5.97 Å². The van der Waals surface area contributed by atoms with Gasteiger partial charge in [0, 0.05) is 16.1 Å². The maximum absolute atomic E-state index is 11.2. The third kappa shape index (κ3) is 2.46. The summed E-state index contributed by atoms with van der Waals surface area (Å²) in [6, 6.07) is -1.06. The Balaban J connectivity index is 3.00. The summed E-state index contributed by atoms with van der Waals surface area (Å²) in [4.78, 5) is 21.5. The van der Waals surface area contributed by atoms with Crippen LogP contribution in [0, 0.1) is 10.1 Å². The fourth-order valence-corrected chi connectivity index (χ4v) is 1.60. The average Bonchev–Trinajstić information content (AvgIpc) is 2.26. The van der Waals surface area contributed by atoms with Gasteiger partial charge in [-0.3, -0.25) is 10.1 Å². The van der Waals surface area contributed by atoms with Gasteiger partial charge in [-0.2, -0.15) is 0 Å². The number of allylic oxidation sites excluding steroid dienone is 2. The maximum atomic E-state index is 11.2. The predicted molar refractivity (Wildman–Crippen MR) is 55.3 cm³/mol. The van der Waals surface area contributed by atoms with E-state index in [4.69, 9.17) is 0 Å². The summed E-state index contributed by atoms with van der Waals surface area (Å²) in [7, 11) is 1.22. The van der Waals surface area contributed by atoms with E-state index >= 15 is 0 Å². The molecule has 88 valence electrons. The van der Waals surface area contributed by atoms with Gasteiger partial charge in [0.2, 0.25) is 6.04 Å². The van der Waals surface area contributed by atoms with E-state index in [1.54, 1.807) is 0 Å². The number of nitrogens with zero attached hydrogens (tertiary/aromatic N) is 1. The van der Waals surface area contributed by atoms with Crippen molar-refractivity contribution in [1.82, 2.24) is 0 Å². The van der Waals surface area contributed by atoms with Crippen LogP contribution < -0.4 is 0 Å². The van der Waals surface area contributed by atoms with E-state index in [1.165, 1.54) is 26.2 Å². The summed E-state index contributed by atoms with van der Waals surface area (Å²) in [5.74, 6) is -0.576. The van der Waals surface area contributed by atoms with E-state index in [0.717, 1.165) is 0 Å². The molecule has 16 heavy (non-hydrogen) atoms. The highest BCUT2D eigenvalue weighted by Crippen LogP contribution is 2.24. The minimum atomic E-state index is -1.06. The van der Waals surface area contributed by atoms with Crippen LogP contribution in [0.4, 0.5) is 0 Å². The Kier molecular flexibility index (Phi) is 3.78. The largest absolute Gasteiger partial charge is 0.466 e. The number of aliphatic hydroxyl groups excluding tert-OH is 1. The van der Waals surface area contributed by atoms with Crippen molar-refractivity contribution in [2.24, 2.45) is 0 Å². The van der Waals surface area contributed by atoms with Gasteiger partial charge in [-0.25, -0.2) is 4.79 Å². The zero-order valence-corrected chi connectivity index (χ0v) is 9.04. The van der Waals surface area contributed by atoms with Gasteiger partial charge in [0.15, 0.2) is 0 Å². The SMILES string of the molecule is COC(=O)C1=CC=C(C(C)O)[C@@H]([N+](=O)[O-])C1. The molecule has 0 aromatic rings. The van der Waals surface area contributed by atoms with Crippen LogP contribution in [0.3, 0.4) is 0 Å². The molecule has 0 aliphatic heterocycles. The summed E-state index contributed by atoms with van der Waals surface area (Å²) in [6.45, 7) is 1.46. The number of hydrogen-bond acceptors (Lipinski definition) is 5. The number of esters is 1. The van der Waals surface area contributed by atoms with Crippen LogP contribution in [0.15, 0.2) is 23.3 Å². The molecule has 6 heteroatoms. The van der Waals surface area contributed by atoms with Gasteiger partial charge in [-0.15, -0.1) is 0 Å². The Bertz CT molecular complexity index is 369. The van der Waals surface area contributed by atoms with Crippen LogP contribution in [-0.4, -0.2) is 35.3 Å². The van der Waals surface area contributed by atoms with E-state index in [2.05, 4.69) is 4.74 Å². The second-order valence-corrected chi connectivity index (χ2v) is 3.53. The number of carbonyl (C=O) groups is 1. The van der Waals surface area contributed by atoms with Gasteiger partial charge in [-0.1, -0.05) is 12.2 Å². The molecule has 1 aliphatic carbocycles. The highest BCUT2D eigenvalue weighted by molar-refractivity contribution is 5.89. The zero-order valence-electron chi connectivity index (χ0n) is 9.04. The minimum Gasteiger partial charge on any atom is -0.466 e. The first-order valence-corrected chi connectivity index (χ1v) is 4.78. The van der Waals surface area contributed by atoms with Crippen molar-refractivity contribution in [2.45, 2.75) is 25.5 Å². The molecule has 0 bridgehead atoms. The third-order valence-electron chi connectivity index (χ3n) is 2.46. The number of carbonyl (C=O) groups excluding carboxylic acids is 1. The summed E-state index contributed by atoms with van der Waals surface area (Å²) in [5.41, 5.74) is 0.547. The van der Waals surface area contributed by atoms with Crippen molar-refractivity contribution < 1.29 is 19.6 Å². The minimum absolute atomic E-state index is 0.0452. The van der Waals surface area contributed by atoms with E-state index in [9.17, 15) is 20.0 Å². The first kappa shape index (κ1) is 12.4. The van der Waals surface area contributed by atoms with Crippen LogP contribution in [0.5, 0.6) is 0 Å². The third-order valence-corrected chi connectivity index (χ3v) is 2.46. The molecule has 1 unspecified atom stereocenters. The number of nitro groups is 1. The molecular formula is C10H13NO5. The van der Waals surface area contributed by atoms with Gasteiger partial charge in [-0.05, 0) is 6.92 Å². The molecule has 0 fully saturated rings. The van der Waals surface area contributed by atoms with Crippen LogP contribution in [0.1, 0.15) is 13.3 Å². The lowest BCUT2D eigenvalue weighted by molar-refractivity contribution is -0.512. The fraction of sp³-hybridized carbons (Fsp3) is 0.500. The second kappa shape index (κ2) is 4.89. The molecule has 6 nitrogen and oxygen atoms in total. The first-order chi connectivity index (χ1) is 7.47. The molecule has 1 aliphatic rings. The van der Waals surface area contributed by atoms with Crippen molar-refractivity contribution in [2.75, 3.05) is 7.11 Å². The first-order valence-electron chi connectivity index (χ1n) is 4.78. The second-order valence-electron chi connectivity index (χ2n) is 3.53. The fourth-order valence-electron chi connectivity index (χ4n) is 1.60. The van der Waals surface area contributed by atoms with Gasteiger partial charge < -0.3 is 9.84 Å². The molecule has 0 spiro atoms. The number of rotatable bonds is 3. The van der Waals surface area contributed by atoms with Gasteiger partial charge in [0.25, 0.3) is 0 Å². The maximum Gasteiger partial charge on any atom is 0.334 e. The van der Waals surface area contributed by atoms with Crippen molar-refractivity contribution in [3.8, 4) is 0 Å². The highest BCUT2D eigenvalue weighted by atomic mass is 16.6. The number of methoxy groups -OCH3 is 1. The summed E-state index contributed by atoms with van der Waals surface area (Å²) >= 11 is 0. The number of aliphatic hydroxyl groups is 1. The van der Waals surface area contributed by atoms with Crippen LogP contribution in [0.2, 0.25) is 0 Å². The van der Waals surface area contributed by atoms with Crippen LogP contribution in [-0.2, 0) is 9.53 Å². The van der Waals surface area contributed by atoms with Crippen molar-refractivity contribution in [3.63, 3.8) is 0 Å². The topological polar surface area (TPSA) is 89.7 Å². The number of hydrogen-bond donors (Lipinski definition) is 1. The smallest absolute Gasteiger partial charge is 0.334 e.